The van der Waals surface area contributed by atoms with E-state index in [2.05, 4.69) is 87.5 Å². The van der Waals surface area contributed by atoms with Crippen LogP contribution in [0.4, 0.5) is 0 Å². The number of para-hydroxylation sites is 2. The molecule has 7 rings (SSSR count). The standard InChI is InChI=1S/C23H25N3.C15H14N2O/c1-25(18-19-9-4-2-5-10-19)16-15-20-11-8-14-23-22(20)17-24-26(23)21-12-6-3-7-13-21;18-10-9-12-5-4-8-15-14(12)11-16-17(15)13-6-2-1-3-7-13/h2-7,9-10,12-13,15,17H,8,11,14,16,18H2,1H3;1-3,6-7,9-11H,4-5,8H2/b20-15+;12-9+. The zero-order valence-electron chi connectivity index (χ0n) is 25.3. The van der Waals surface area contributed by atoms with Crippen LogP contribution >= 0.6 is 0 Å². The molecule has 5 aromatic rings. The van der Waals surface area contributed by atoms with Crippen molar-refractivity contribution in [3.8, 4) is 11.4 Å². The summed E-state index contributed by atoms with van der Waals surface area (Å²) in [6.45, 7) is 1.93. The van der Waals surface area contributed by atoms with Crippen molar-refractivity contribution < 1.29 is 4.79 Å². The van der Waals surface area contributed by atoms with E-state index in [1.807, 2.05) is 53.5 Å². The SMILES string of the molecule is CN(C/C=C1\CCCc2c1cnn2-c1ccccc1)Cc1ccccc1.O=C/C=C1\CCCc2c1cnn2-c1ccccc1. The number of hydrogen-bond donors (Lipinski definition) is 0. The molecule has 0 amide bonds. The van der Waals surface area contributed by atoms with E-state index in [0.29, 0.717) is 0 Å². The molecule has 0 aliphatic heterocycles. The summed E-state index contributed by atoms with van der Waals surface area (Å²) in [6, 6.07) is 31.2. The van der Waals surface area contributed by atoms with Crippen molar-refractivity contribution in [3.63, 3.8) is 0 Å². The van der Waals surface area contributed by atoms with Gasteiger partial charge in [-0.15, -0.1) is 0 Å². The monoisotopic (exact) mass is 581 g/mol. The van der Waals surface area contributed by atoms with Crippen LogP contribution in [-0.2, 0) is 24.2 Å². The number of allylic oxidation sites excluding steroid dienone is 3. The van der Waals surface area contributed by atoms with Gasteiger partial charge in [-0.1, -0.05) is 72.8 Å². The van der Waals surface area contributed by atoms with Gasteiger partial charge in [0.05, 0.1) is 35.2 Å². The van der Waals surface area contributed by atoms with Gasteiger partial charge in [0, 0.05) is 24.2 Å². The Morgan fingerprint density at radius 3 is 1.73 bits per heavy atom. The zero-order valence-corrected chi connectivity index (χ0v) is 25.3. The minimum Gasteiger partial charge on any atom is -0.299 e. The van der Waals surface area contributed by atoms with Crippen molar-refractivity contribution >= 4 is 17.4 Å². The second-order valence-corrected chi connectivity index (χ2v) is 11.5. The maximum absolute atomic E-state index is 10.7. The molecule has 0 fully saturated rings. The van der Waals surface area contributed by atoms with E-state index in [-0.39, 0.29) is 0 Å². The zero-order chi connectivity index (χ0) is 30.1. The largest absolute Gasteiger partial charge is 0.299 e. The highest BCUT2D eigenvalue weighted by Crippen LogP contribution is 2.33. The van der Waals surface area contributed by atoms with E-state index >= 15 is 0 Å². The van der Waals surface area contributed by atoms with Crippen molar-refractivity contribution in [1.82, 2.24) is 24.5 Å². The van der Waals surface area contributed by atoms with Crippen LogP contribution in [-0.4, -0.2) is 44.3 Å². The summed E-state index contributed by atoms with van der Waals surface area (Å²) in [5.41, 5.74) is 11.1. The molecule has 0 saturated carbocycles. The van der Waals surface area contributed by atoms with Crippen molar-refractivity contribution in [3.05, 3.63) is 144 Å². The third kappa shape index (κ3) is 6.71. The third-order valence-electron chi connectivity index (χ3n) is 8.36. The lowest BCUT2D eigenvalue weighted by molar-refractivity contribution is -0.104. The summed E-state index contributed by atoms with van der Waals surface area (Å²) in [4.78, 5) is 13.0. The predicted molar refractivity (Wildman–Crippen MR) is 178 cm³/mol. The number of carbonyl (C=O) groups excluding carboxylic acids is 1. The van der Waals surface area contributed by atoms with Crippen molar-refractivity contribution in [1.29, 1.82) is 0 Å². The lowest BCUT2D eigenvalue weighted by Crippen LogP contribution is -2.18. The van der Waals surface area contributed by atoms with Gasteiger partial charge in [-0.25, -0.2) is 9.36 Å². The normalized spacial score (nSPS) is 15.9. The maximum atomic E-state index is 10.7. The van der Waals surface area contributed by atoms with Crippen LogP contribution in [0.2, 0.25) is 0 Å². The Morgan fingerprint density at radius 1 is 0.682 bits per heavy atom. The Labute approximate surface area is 260 Å². The van der Waals surface area contributed by atoms with Crippen LogP contribution in [0, 0.1) is 0 Å². The fourth-order valence-electron chi connectivity index (χ4n) is 6.20. The van der Waals surface area contributed by atoms with Crippen LogP contribution in [0.3, 0.4) is 0 Å². The highest BCUT2D eigenvalue weighted by Gasteiger charge is 2.21. The minimum absolute atomic E-state index is 0.865. The summed E-state index contributed by atoms with van der Waals surface area (Å²) in [5.74, 6) is 0. The number of nitrogens with zero attached hydrogens (tertiary/aromatic N) is 5. The number of benzene rings is 3. The molecule has 0 radical (unpaired) electrons. The lowest BCUT2D eigenvalue weighted by atomic mass is 9.92. The third-order valence-corrected chi connectivity index (χ3v) is 8.36. The predicted octanol–water partition coefficient (Wildman–Crippen LogP) is 7.51. The molecule has 0 spiro atoms. The molecule has 0 unspecified atom stereocenters. The van der Waals surface area contributed by atoms with Crippen LogP contribution in [0.15, 0.2) is 116 Å². The van der Waals surface area contributed by atoms with Gasteiger partial charge in [0.1, 0.15) is 6.29 Å². The average Bonchev–Trinajstić information content (AvgIpc) is 3.72. The lowest BCUT2D eigenvalue weighted by Gasteiger charge is -2.19. The molecule has 2 aliphatic carbocycles. The number of aromatic nitrogens is 4. The maximum Gasteiger partial charge on any atom is 0.143 e. The van der Waals surface area contributed by atoms with Gasteiger partial charge in [0.2, 0.25) is 0 Å². The van der Waals surface area contributed by atoms with Gasteiger partial charge in [-0.3, -0.25) is 9.69 Å². The number of hydrogen-bond acceptors (Lipinski definition) is 4. The Kier molecular flexibility index (Phi) is 9.38. The van der Waals surface area contributed by atoms with E-state index < -0.39 is 0 Å². The van der Waals surface area contributed by atoms with Gasteiger partial charge >= 0.3 is 0 Å². The molecule has 6 nitrogen and oxygen atoms in total. The summed E-state index contributed by atoms with van der Waals surface area (Å²) in [6.07, 6.45) is 15.3. The fraction of sp³-hybridized carbons (Fsp3) is 0.237. The van der Waals surface area contributed by atoms with Crippen LogP contribution in [0.25, 0.3) is 22.5 Å². The molecule has 0 atom stereocenters. The Bertz CT molecular complexity index is 1730. The smallest absolute Gasteiger partial charge is 0.143 e. The summed E-state index contributed by atoms with van der Waals surface area (Å²) in [5, 5.41) is 9.14. The van der Waals surface area contributed by atoms with Crippen LogP contribution in [0.1, 0.15) is 53.8 Å². The molecule has 6 heteroatoms. The summed E-state index contributed by atoms with van der Waals surface area (Å²) in [7, 11) is 2.18. The molecule has 44 heavy (non-hydrogen) atoms. The van der Waals surface area contributed by atoms with E-state index in [1.54, 1.807) is 6.08 Å². The van der Waals surface area contributed by atoms with Gasteiger partial charge in [0.25, 0.3) is 0 Å². The quantitative estimate of drug-likeness (QED) is 0.147. The molecule has 3 aromatic carbocycles. The molecule has 0 N–H and O–H groups in total. The first-order valence-electron chi connectivity index (χ1n) is 15.5. The summed E-state index contributed by atoms with van der Waals surface area (Å²) >= 11 is 0. The number of aldehydes is 1. The Hall–Kier alpha value is -4.81. The molecule has 0 saturated heterocycles. The van der Waals surface area contributed by atoms with E-state index in [4.69, 9.17) is 0 Å². The highest BCUT2D eigenvalue weighted by molar-refractivity contribution is 5.83. The van der Waals surface area contributed by atoms with Crippen LogP contribution in [0.5, 0.6) is 0 Å². The number of fused-ring (bicyclic) bond motifs is 2. The molecule has 2 heterocycles. The van der Waals surface area contributed by atoms with Gasteiger partial charge < -0.3 is 0 Å². The molecule has 0 bridgehead atoms. The van der Waals surface area contributed by atoms with Crippen molar-refractivity contribution in [2.45, 2.75) is 45.1 Å². The number of rotatable bonds is 7. The molecular formula is C38H39N5O. The second-order valence-electron chi connectivity index (χ2n) is 11.5. The van der Waals surface area contributed by atoms with E-state index in [9.17, 15) is 4.79 Å². The molecule has 222 valence electrons. The Morgan fingerprint density at radius 2 is 1.18 bits per heavy atom. The average molecular weight is 582 g/mol. The first-order chi connectivity index (χ1) is 21.7. The van der Waals surface area contributed by atoms with Gasteiger partial charge in [-0.2, -0.15) is 10.2 Å². The topological polar surface area (TPSA) is 56.0 Å². The minimum atomic E-state index is 0.865. The first kappa shape index (κ1) is 29.3. The fourth-order valence-corrected chi connectivity index (χ4v) is 6.20. The second kappa shape index (κ2) is 14.1. The van der Waals surface area contributed by atoms with Gasteiger partial charge in [-0.05, 0) is 92.6 Å². The van der Waals surface area contributed by atoms with Crippen molar-refractivity contribution in [2.24, 2.45) is 0 Å². The number of likely N-dealkylation sites (N-methyl/N-ethyl adjacent to an activating group) is 1. The van der Waals surface area contributed by atoms with Crippen LogP contribution < -0.4 is 0 Å². The number of carbonyl (C=O) groups is 1. The van der Waals surface area contributed by atoms with E-state index in [1.165, 1.54) is 34.5 Å². The Balaban J connectivity index is 0.000000167. The first-order valence-corrected chi connectivity index (χ1v) is 15.5. The summed E-state index contributed by atoms with van der Waals surface area (Å²) < 4.78 is 4.09. The molecule has 2 aliphatic rings. The van der Waals surface area contributed by atoms with Crippen molar-refractivity contribution in [2.75, 3.05) is 13.6 Å². The molecular weight excluding hydrogens is 542 g/mol. The van der Waals surface area contributed by atoms with E-state index in [0.717, 1.165) is 74.0 Å². The molecule has 2 aromatic heterocycles. The van der Waals surface area contributed by atoms with Gasteiger partial charge in [0.15, 0.2) is 0 Å². The highest BCUT2D eigenvalue weighted by atomic mass is 16.1.